The number of fused-ring (bicyclic) bond motifs is 1. The fourth-order valence-electron chi connectivity index (χ4n) is 2.11. The third kappa shape index (κ3) is 2.08. The second-order valence-corrected chi connectivity index (χ2v) is 4.30. The van der Waals surface area contributed by atoms with Crippen LogP contribution in [-0.4, -0.2) is 33.2 Å². The summed E-state index contributed by atoms with van der Waals surface area (Å²) in [6.07, 6.45) is 0. The van der Waals surface area contributed by atoms with Gasteiger partial charge in [-0.2, -0.15) is 0 Å². The molecule has 0 aliphatic rings. The van der Waals surface area contributed by atoms with E-state index in [9.17, 15) is 14.3 Å². The summed E-state index contributed by atoms with van der Waals surface area (Å²) >= 11 is 0. The van der Waals surface area contributed by atoms with Gasteiger partial charge in [-0.25, -0.2) is 13.9 Å². The second kappa shape index (κ2) is 4.86. The maximum Gasteiger partial charge on any atom is 0.337 e. The van der Waals surface area contributed by atoms with E-state index in [1.54, 1.807) is 18.2 Å². The van der Waals surface area contributed by atoms with Gasteiger partial charge in [-0.15, -0.1) is 5.10 Å². The van der Waals surface area contributed by atoms with Crippen molar-refractivity contribution in [1.82, 2.24) is 15.0 Å². The first-order valence-corrected chi connectivity index (χ1v) is 6.03. The number of hydrogen-bond acceptors (Lipinski definition) is 4. The maximum atomic E-state index is 13.8. The number of para-hydroxylation sites is 1. The van der Waals surface area contributed by atoms with Crippen molar-refractivity contribution in [2.45, 2.75) is 0 Å². The van der Waals surface area contributed by atoms with Crippen molar-refractivity contribution in [1.29, 1.82) is 0 Å². The Morgan fingerprint density at radius 2 is 2.14 bits per heavy atom. The minimum Gasteiger partial charge on any atom is -0.494 e. The van der Waals surface area contributed by atoms with Crippen LogP contribution in [0.2, 0.25) is 0 Å². The molecule has 3 aromatic rings. The lowest BCUT2D eigenvalue weighted by molar-refractivity contribution is 0.0698. The number of carboxylic acids is 1. The topological polar surface area (TPSA) is 77.2 Å². The van der Waals surface area contributed by atoms with Gasteiger partial charge in [-0.05, 0) is 24.3 Å². The third-order valence-electron chi connectivity index (χ3n) is 3.08. The van der Waals surface area contributed by atoms with Gasteiger partial charge in [0.2, 0.25) is 0 Å². The molecule has 2 aromatic carbocycles. The van der Waals surface area contributed by atoms with E-state index >= 15 is 0 Å². The standard InChI is InChI=1S/C14H10FN3O3/c1-21-12-6-5-8(7-10(12)15)18-13-9(14(19)20)3-2-4-11(13)16-17-18/h2-7H,1H3,(H,19,20). The summed E-state index contributed by atoms with van der Waals surface area (Å²) in [5.74, 6) is -1.56. The van der Waals surface area contributed by atoms with Gasteiger partial charge in [0.15, 0.2) is 11.6 Å². The smallest absolute Gasteiger partial charge is 0.337 e. The Morgan fingerprint density at radius 3 is 2.81 bits per heavy atom. The van der Waals surface area contributed by atoms with Crippen LogP contribution in [0.5, 0.6) is 5.75 Å². The molecule has 0 saturated carbocycles. The van der Waals surface area contributed by atoms with E-state index in [0.717, 1.165) is 0 Å². The molecule has 0 unspecified atom stereocenters. The molecule has 106 valence electrons. The van der Waals surface area contributed by atoms with Gasteiger partial charge in [-0.1, -0.05) is 11.3 Å². The number of methoxy groups -OCH3 is 1. The highest BCUT2D eigenvalue weighted by Gasteiger charge is 2.16. The number of halogens is 1. The molecule has 0 fully saturated rings. The Kier molecular flexibility index (Phi) is 3.02. The monoisotopic (exact) mass is 287 g/mol. The molecule has 21 heavy (non-hydrogen) atoms. The fraction of sp³-hybridized carbons (Fsp3) is 0.0714. The molecular weight excluding hydrogens is 277 g/mol. The van der Waals surface area contributed by atoms with E-state index in [0.29, 0.717) is 16.7 Å². The van der Waals surface area contributed by atoms with Crippen LogP contribution < -0.4 is 4.74 Å². The SMILES string of the molecule is COc1ccc(-n2nnc3cccc(C(=O)O)c32)cc1F. The van der Waals surface area contributed by atoms with E-state index in [1.165, 1.54) is 30.0 Å². The molecule has 0 bridgehead atoms. The first-order chi connectivity index (χ1) is 10.1. The lowest BCUT2D eigenvalue weighted by Crippen LogP contribution is -2.04. The zero-order valence-corrected chi connectivity index (χ0v) is 10.9. The second-order valence-electron chi connectivity index (χ2n) is 4.30. The van der Waals surface area contributed by atoms with Gasteiger partial charge >= 0.3 is 5.97 Å². The summed E-state index contributed by atoms with van der Waals surface area (Å²) in [5.41, 5.74) is 1.15. The number of carboxylic acid groups (broad SMARTS) is 1. The highest BCUT2D eigenvalue weighted by molar-refractivity contribution is 6.01. The Balaban J connectivity index is 2.26. The Hall–Kier alpha value is -2.96. The van der Waals surface area contributed by atoms with Crippen molar-refractivity contribution >= 4 is 17.0 Å². The normalized spacial score (nSPS) is 10.8. The first-order valence-electron chi connectivity index (χ1n) is 6.03. The Bertz CT molecular complexity index is 845. The predicted octanol–water partition coefficient (Wildman–Crippen LogP) is 2.27. The highest BCUT2D eigenvalue weighted by atomic mass is 19.1. The van der Waals surface area contributed by atoms with Gasteiger partial charge in [0, 0.05) is 6.07 Å². The summed E-state index contributed by atoms with van der Waals surface area (Å²) in [5, 5.41) is 17.1. The summed E-state index contributed by atoms with van der Waals surface area (Å²) in [6.45, 7) is 0. The molecule has 6 nitrogen and oxygen atoms in total. The molecular formula is C14H10FN3O3. The van der Waals surface area contributed by atoms with Crippen LogP contribution in [0.15, 0.2) is 36.4 Å². The van der Waals surface area contributed by atoms with E-state index in [1.807, 2.05) is 0 Å². The number of nitrogens with zero attached hydrogens (tertiary/aromatic N) is 3. The maximum absolute atomic E-state index is 13.8. The van der Waals surface area contributed by atoms with E-state index in [2.05, 4.69) is 10.3 Å². The minimum atomic E-state index is -1.10. The van der Waals surface area contributed by atoms with Crippen LogP contribution in [0.4, 0.5) is 4.39 Å². The van der Waals surface area contributed by atoms with Crippen LogP contribution in [0.1, 0.15) is 10.4 Å². The highest BCUT2D eigenvalue weighted by Crippen LogP contribution is 2.24. The zero-order chi connectivity index (χ0) is 15.0. The average molecular weight is 287 g/mol. The number of rotatable bonds is 3. The molecule has 1 heterocycles. The number of hydrogen-bond donors (Lipinski definition) is 1. The molecule has 0 atom stereocenters. The van der Waals surface area contributed by atoms with Crippen molar-refractivity contribution in [3.8, 4) is 11.4 Å². The first kappa shape index (κ1) is 13.0. The van der Waals surface area contributed by atoms with Crippen LogP contribution in [-0.2, 0) is 0 Å². The third-order valence-corrected chi connectivity index (χ3v) is 3.08. The zero-order valence-electron chi connectivity index (χ0n) is 10.9. The van der Waals surface area contributed by atoms with Gasteiger partial charge in [0.25, 0.3) is 0 Å². The molecule has 0 spiro atoms. The molecule has 0 saturated heterocycles. The summed E-state index contributed by atoms with van der Waals surface area (Å²) in [4.78, 5) is 11.3. The van der Waals surface area contributed by atoms with Crippen molar-refractivity contribution < 1.29 is 19.0 Å². The Morgan fingerprint density at radius 1 is 1.33 bits per heavy atom. The number of aromatic carboxylic acids is 1. The predicted molar refractivity (Wildman–Crippen MR) is 72.3 cm³/mol. The number of ether oxygens (including phenoxy) is 1. The van der Waals surface area contributed by atoms with Gasteiger partial charge in [-0.3, -0.25) is 0 Å². The molecule has 1 N–H and O–H groups in total. The molecule has 0 amide bonds. The Labute approximate surface area is 118 Å². The quantitative estimate of drug-likeness (QED) is 0.799. The van der Waals surface area contributed by atoms with Crippen molar-refractivity contribution in [2.75, 3.05) is 7.11 Å². The van der Waals surface area contributed by atoms with E-state index < -0.39 is 11.8 Å². The van der Waals surface area contributed by atoms with Crippen LogP contribution in [0.25, 0.3) is 16.7 Å². The van der Waals surface area contributed by atoms with Crippen LogP contribution >= 0.6 is 0 Å². The van der Waals surface area contributed by atoms with E-state index in [4.69, 9.17) is 4.74 Å². The number of benzene rings is 2. The van der Waals surface area contributed by atoms with Gasteiger partial charge < -0.3 is 9.84 Å². The number of aromatic nitrogens is 3. The largest absolute Gasteiger partial charge is 0.494 e. The lowest BCUT2D eigenvalue weighted by Gasteiger charge is -2.07. The van der Waals surface area contributed by atoms with Crippen molar-refractivity contribution in [3.05, 3.63) is 47.8 Å². The molecule has 3 rings (SSSR count). The van der Waals surface area contributed by atoms with Gasteiger partial charge in [0.05, 0.1) is 18.4 Å². The molecule has 0 aliphatic heterocycles. The van der Waals surface area contributed by atoms with Crippen molar-refractivity contribution in [3.63, 3.8) is 0 Å². The summed E-state index contributed by atoms with van der Waals surface area (Å²) in [6, 6.07) is 8.91. The summed E-state index contributed by atoms with van der Waals surface area (Å²) < 4.78 is 19.9. The fourth-order valence-corrected chi connectivity index (χ4v) is 2.11. The molecule has 1 aromatic heterocycles. The minimum absolute atomic E-state index is 0.0497. The average Bonchev–Trinajstić information content (AvgIpc) is 2.90. The lowest BCUT2D eigenvalue weighted by atomic mass is 10.2. The summed E-state index contributed by atoms with van der Waals surface area (Å²) in [7, 11) is 1.37. The van der Waals surface area contributed by atoms with Crippen molar-refractivity contribution in [2.24, 2.45) is 0 Å². The number of carbonyl (C=O) groups is 1. The molecule has 7 heteroatoms. The van der Waals surface area contributed by atoms with Crippen LogP contribution in [0.3, 0.4) is 0 Å². The molecule has 0 radical (unpaired) electrons. The van der Waals surface area contributed by atoms with Gasteiger partial charge in [0.1, 0.15) is 11.0 Å². The van der Waals surface area contributed by atoms with E-state index in [-0.39, 0.29) is 11.3 Å². The van der Waals surface area contributed by atoms with Crippen LogP contribution in [0, 0.1) is 5.82 Å². The molecule has 0 aliphatic carbocycles.